The van der Waals surface area contributed by atoms with Crippen molar-refractivity contribution in [1.29, 1.82) is 5.41 Å². The van der Waals surface area contributed by atoms with Gasteiger partial charge in [0.15, 0.2) is 11.7 Å². The van der Waals surface area contributed by atoms with Crippen LogP contribution < -0.4 is 16.7 Å². The maximum absolute atomic E-state index is 11.8. The number of aliphatic hydroxyl groups excluding tert-OH is 3. The molecule has 2 aromatic heterocycles. The molecular formula is C11H13N5O6. The van der Waals surface area contributed by atoms with Crippen LogP contribution in [0.15, 0.2) is 15.9 Å². The summed E-state index contributed by atoms with van der Waals surface area (Å²) in [7, 11) is 0. The minimum Gasteiger partial charge on any atom is -0.394 e. The fraction of sp³-hybridized carbons (Fsp3) is 0.455. The lowest BCUT2D eigenvalue weighted by Crippen LogP contribution is -2.35. The van der Waals surface area contributed by atoms with Crippen molar-refractivity contribution in [2.45, 2.75) is 24.5 Å². The van der Waals surface area contributed by atoms with E-state index in [1.165, 1.54) is 0 Å². The van der Waals surface area contributed by atoms with Crippen molar-refractivity contribution in [1.82, 2.24) is 19.5 Å². The number of rotatable bonds is 2. The molecule has 0 aromatic carbocycles. The molecule has 11 nitrogen and oxygen atoms in total. The van der Waals surface area contributed by atoms with Gasteiger partial charge in [-0.1, -0.05) is 0 Å². The predicted octanol–water partition coefficient (Wildman–Crippen LogP) is -3.50. The number of nitrogens with zero attached hydrogens (tertiary/aromatic N) is 2. The molecule has 1 saturated heterocycles. The predicted molar refractivity (Wildman–Crippen MR) is 69.8 cm³/mol. The van der Waals surface area contributed by atoms with Crippen molar-refractivity contribution in [2.24, 2.45) is 0 Å². The van der Waals surface area contributed by atoms with Crippen LogP contribution in [0.3, 0.4) is 0 Å². The first-order valence-corrected chi connectivity index (χ1v) is 6.34. The van der Waals surface area contributed by atoms with E-state index in [2.05, 4.69) is 9.97 Å². The molecule has 118 valence electrons. The standard InChI is InChI=1S/C11H13N5O6/c12-7-4-8(14-11(21)15-9(4)20)16(2-13-7)10-6(19)5(18)3(1-17)22-10/h2-3,5-6,10,12,17-19H,1H2,(H2,14,15,20,21)/t3-,5-,6+,10-/m1/s1. The molecule has 0 spiro atoms. The van der Waals surface area contributed by atoms with E-state index in [0.29, 0.717) is 0 Å². The normalized spacial score (nSPS) is 28.3. The molecule has 6 N–H and O–H groups in total. The summed E-state index contributed by atoms with van der Waals surface area (Å²) in [6.45, 7) is -0.520. The number of aromatic amines is 2. The van der Waals surface area contributed by atoms with Crippen LogP contribution >= 0.6 is 0 Å². The fourth-order valence-electron chi connectivity index (χ4n) is 2.43. The van der Waals surface area contributed by atoms with E-state index in [4.69, 9.17) is 15.3 Å². The molecule has 0 amide bonds. The highest BCUT2D eigenvalue weighted by Crippen LogP contribution is 2.29. The first-order valence-electron chi connectivity index (χ1n) is 6.34. The van der Waals surface area contributed by atoms with Gasteiger partial charge in [0.25, 0.3) is 5.56 Å². The van der Waals surface area contributed by atoms with Crippen LogP contribution in [-0.4, -0.2) is 59.8 Å². The minimum absolute atomic E-state index is 0.0800. The van der Waals surface area contributed by atoms with Gasteiger partial charge in [-0.2, -0.15) is 0 Å². The topological polar surface area (TPSA) is 177 Å². The van der Waals surface area contributed by atoms with E-state index in [0.717, 1.165) is 10.9 Å². The maximum Gasteiger partial charge on any atom is 0.327 e. The van der Waals surface area contributed by atoms with E-state index >= 15 is 0 Å². The number of nitrogens with one attached hydrogen (secondary N) is 3. The Morgan fingerprint density at radius 3 is 2.68 bits per heavy atom. The molecule has 2 aromatic rings. The van der Waals surface area contributed by atoms with Crippen molar-refractivity contribution < 1.29 is 20.1 Å². The summed E-state index contributed by atoms with van der Waals surface area (Å²) in [4.78, 5) is 31.3. The number of hydrogen-bond acceptors (Lipinski definition) is 8. The first-order chi connectivity index (χ1) is 10.4. The van der Waals surface area contributed by atoms with Gasteiger partial charge in [-0.3, -0.25) is 24.7 Å². The Morgan fingerprint density at radius 2 is 2.05 bits per heavy atom. The Morgan fingerprint density at radius 1 is 1.32 bits per heavy atom. The van der Waals surface area contributed by atoms with Gasteiger partial charge in [0.1, 0.15) is 35.7 Å². The molecule has 0 saturated carbocycles. The van der Waals surface area contributed by atoms with Gasteiger partial charge in [-0.05, 0) is 0 Å². The second-order valence-electron chi connectivity index (χ2n) is 4.86. The molecule has 0 unspecified atom stereocenters. The zero-order valence-corrected chi connectivity index (χ0v) is 11.1. The third kappa shape index (κ3) is 2.07. The van der Waals surface area contributed by atoms with Crippen LogP contribution in [0.4, 0.5) is 0 Å². The summed E-state index contributed by atoms with van der Waals surface area (Å²) in [5.74, 6) is 0. The van der Waals surface area contributed by atoms with Crippen LogP contribution in [0.2, 0.25) is 0 Å². The molecule has 4 atom stereocenters. The number of hydrogen-bond donors (Lipinski definition) is 6. The van der Waals surface area contributed by atoms with Gasteiger partial charge in [-0.25, -0.2) is 9.78 Å². The summed E-state index contributed by atoms with van der Waals surface area (Å²) >= 11 is 0. The molecule has 3 heterocycles. The highest BCUT2D eigenvalue weighted by atomic mass is 16.6. The number of aliphatic hydroxyl groups is 3. The highest BCUT2D eigenvalue weighted by molar-refractivity contribution is 5.71. The van der Waals surface area contributed by atoms with Crippen molar-refractivity contribution in [2.75, 3.05) is 6.61 Å². The van der Waals surface area contributed by atoms with E-state index in [9.17, 15) is 19.8 Å². The third-order valence-corrected chi connectivity index (χ3v) is 3.52. The monoisotopic (exact) mass is 311 g/mol. The molecule has 22 heavy (non-hydrogen) atoms. The quantitative estimate of drug-likeness (QED) is 0.333. The summed E-state index contributed by atoms with van der Waals surface area (Å²) in [6, 6.07) is 0. The Balaban J connectivity index is 2.25. The second-order valence-corrected chi connectivity index (χ2v) is 4.86. The Hall–Kier alpha value is -2.34. The van der Waals surface area contributed by atoms with Crippen LogP contribution in [0, 0.1) is 5.41 Å². The highest BCUT2D eigenvalue weighted by Gasteiger charge is 2.43. The lowest BCUT2D eigenvalue weighted by molar-refractivity contribution is -0.0515. The maximum atomic E-state index is 11.8. The van der Waals surface area contributed by atoms with E-state index < -0.39 is 42.4 Å². The zero-order valence-electron chi connectivity index (χ0n) is 11.1. The average molecular weight is 311 g/mol. The average Bonchev–Trinajstić information content (AvgIpc) is 2.75. The lowest BCUT2D eigenvalue weighted by atomic mass is 10.1. The summed E-state index contributed by atoms with van der Waals surface area (Å²) in [5, 5.41) is 36.4. The zero-order chi connectivity index (χ0) is 16.0. The van der Waals surface area contributed by atoms with Crippen LogP contribution in [0.5, 0.6) is 0 Å². The van der Waals surface area contributed by atoms with Crippen LogP contribution in [0.25, 0.3) is 11.0 Å². The van der Waals surface area contributed by atoms with Crippen LogP contribution in [-0.2, 0) is 4.74 Å². The number of H-pyrrole nitrogens is 2. The van der Waals surface area contributed by atoms with Gasteiger partial charge < -0.3 is 20.1 Å². The van der Waals surface area contributed by atoms with Crippen LogP contribution in [0.1, 0.15) is 6.23 Å². The fourth-order valence-corrected chi connectivity index (χ4v) is 2.43. The molecule has 1 aliphatic heterocycles. The molecule has 0 aliphatic carbocycles. The first kappa shape index (κ1) is 14.6. The Labute approximate surface area is 121 Å². The van der Waals surface area contributed by atoms with E-state index in [1.807, 2.05) is 4.98 Å². The second kappa shape index (κ2) is 5.14. The molecular weight excluding hydrogens is 298 g/mol. The smallest absolute Gasteiger partial charge is 0.327 e. The lowest BCUT2D eigenvalue weighted by Gasteiger charge is -2.19. The third-order valence-electron chi connectivity index (χ3n) is 3.52. The van der Waals surface area contributed by atoms with Gasteiger partial charge in [0.2, 0.25) is 0 Å². The minimum atomic E-state index is -1.41. The van der Waals surface area contributed by atoms with Crippen molar-refractivity contribution >= 4 is 11.0 Å². The Bertz CT molecular complexity index is 885. The van der Waals surface area contributed by atoms with Gasteiger partial charge in [0.05, 0.1) is 6.61 Å². The largest absolute Gasteiger partial charge is 0.394 e. The Kier molecular flexibility index (Phi) is 3.41. The summed E-state index contributed by atoms with van der Waals surface area (Å²) < 4.78 is 6.46. The number of ether oxygens (including phenoxy) is 1. The molecule has 0 bridgehead atoms. The van der Waals surface area contributed by atoms with Gasteiger partial charge in [-0.15, -0.1) is 0 Å². The number of fused-ring (bicyclic) bond motifs is 1. The van der Waals surface area contributed by atoms with Gasteiger partial charge in [0, 0.05) is 0 Å². The van der Waals surface area contributed by atoms with Crippen molar-refractivity contribution in [3.63, 3.8) is 0 Å². The SMILES string of the molecule is N=c1ncn([C@@H]2O[C@H](CO)[C@@H](O)[C@@H]2O)c2[nH]c(=O)[nH]c(=O)c12. The van der Waals surface area contributed by atoms with E-state index in [1.54, 1.807) is 0 Å². The number of aromatic nitrogens is 4. The molecule has 1 fully saturated rings. The molecule has 0 radical (unpaired) electrons. The van der Waals surface area contributed by atoms with E-state index in [-0.39, 0.29) is 16.5 Å². The summed E-state index contributed by atoms with van der Waals surface area (Å²) in [5.41, 5.74) is -2.06. The summed E-state index contributed by atoms with van der Waals surface area (Å²) in [6.07, 6.45) is -3.86. The van der Waals surface area contributed by atoms with Crippen molar-refractivity contribution in [3.8, 4) is 0 Å². The van der Waals surface area contributed by atoms with Crippen molar-refractivity contribution in [3.05, 3.63) is 32.7 Å². The molecule has 11 heteroatoms. The molecule has 1 aliphatic rings. The molecule has 3 rings (SSSR count). The van der Waals surface area contributed by atoms with Gasteiger partial charge >= 0.3 is 5.69 Å².